The Morgan fingerprint density at radius 3 is 2.30 bits per heavy atom. The molecule has 8 nitrogen and oxygen atoms in total. The average Bonchev–Trinajstić information content (AvgIpc) is 2.69. The molecule has 0 spiro atoms. The lowest BCUT2D eigenvalue weighted by molar-refractivity contribution is -0.141. The normalized spacial score (nSPS) is 22.3. The second-order valence-electron chi connectivity index (χ2n) is 5.57. The van der Waals surface area contributed by atoms with Crippen molar-refractivity contribution in [2.45, 2.75) is 32.4 Å². The second kappa shape index (κ2) is 5.98. The van der Waals surface area contributed by atoms with Crippen LogP contribution in [0.25, 0.3) is 0 Å². The Hall–Kier alpha value is -1.99. The van der Waals surface area contributed by atoms with Gasteiger partial charge in [0.15, 0.2) is 0 Å². The third-order valence-electron chi connectivity index (χ3n) is 2.77. The summed E-state index contributed by atoms with van der Waals surface area (Å²) in [6.07, 6.45) is -1.33. The molecule has 0 aliphatic carbocycles. The minimum absolute atomic E-state index is 0.0114. The number of methoxy groups -OCH3 is 1. The van der Waals surface area contributed by atoms with Gasteiger partial charge in [-0.3, -0.25) is 4.79 Å². The van der Waals surface area contributed by atoms with Crippen LogP contribution in [0.3, 0.4) is 0 Å². The number of aliphatic carboxylic acids is 1. The van der Waals surface area contributed by atoms with Gasteiger partial charge in [0.1, 0.15) is 5.60 Å². The fourth-order valence-electron chi connectivity index (χ4n) is 1.94. The number of carbonyl (C=O) groups excluding carboxylic acids is 2. The molecule has 1 rings (SSSR count). The molecule has 20 heavy (non-hydrogen) atoms. The molecule has 1 saturated heterocycles. The number of alkyl carbamates (subject to hydrolysis) is 1. The lowest BCUT2D eigenvalue weighted by atomic mass is 10.0. The number of hydrogen-bond donors (Lipinski definition) is 2. The Balaban J connectivity index is 2.69. The predicted molar refractivity (Wildman–Crippen MR) is 68.3 cm³/mol. The molecule has 0 aromatic rings. The monoisotopic (exact) mass is 288 g/mol. The van der Waals surface area contributed by atoms with E-state index in [2.05, 4.69) is 10.1 Å². The molecule has 0 saturated carbocycles. The van der Waals surface area contributed by atoms with Crippen molar-refractivity contribution in [3.8, 4) is 0 Å². The van der Waals surface area contributed by atoms with E-state index in [1.165, 1.54) is 12.0 Å². The third kappa shape index (κ3) is 4.29. The van der Waals surface area contributed by atoms with E-state index < -0.39 is 35.7 Å². The fraction of sp³-hybridized carbons (Fsp3) is 0.750. The zero-order valence-electron chi connectivity index (χ0n) is 12.0. The van der Waals surface area contributed by atoms with Gasteiger partial charge in [-0.15, -0.1) is 0 Å². The highest BCUT2D eigenvalue weighted by Gasteiger charge is 2.41. The molecule has 114 valence electrons. The van der Waals surface area contributed by atoms with Gasteiger partial charge in [-0.05, 0) is 20.8 Å². The number of carbonyl (C=O) groups is 3. The zero-order valence-corrected chi connectivity index (χ0v) is 12.0. The van der Waals surface area contributed by atoms with Gasteiger partial charge in [-0.2, -0.15) is 0 Å². The maximum absolute atomic E-state index is 11.7. The number of carboxylic acid groups (broad SMARTS) is 1. The number of likely N-dealkylation sites (tertiary alicyclic amines) is 1. The van der Waals surface area contributed by atoms with Crippen LogP contribution in [-0.4, -0.2) is 60.0 Å². The summed E-state index contributed by atoms with van der Waals surface area (Å²) in [5.74, 6) is -1.97. The summed E-state index contributed by atoms with van der Waals surface area (Å²) < 4.78 is 9.62. The number of hydrogen-bond acceptors (Lipinski definition) is 5. The quantitative estimate of drug-likeness (QED) is 0.773. The van der Waals surface area contributed by atoms with Gasteiger partial charge in [0, 0.05) is 13.1 Å². The molecule has 0 bridgehead atoms. The van der Waals surface area contributed by atoms with E-state index in [0.717, 1.165) is 0 Å². The predicted octanol–water partition coefficient (Wildman–Crippen LogP) is 0.662. The Morgan fingerprint density at radius 1 is 1.25 bits per heavy atom. The Morgan fingerprint density at radius 2 is 1.85 bits per heavy atom. The van der Waals surface area contributed by atoms with Crippen molar-refractivity contribution in [3.63, 3.8) is 0 Å². The van der Waals surface area contributed by atoms with E-state index in [-0.39, 0.29) is 13.1 Å². The first-order chi connectivity index (χ1) is 9.14. The molecule has 1 fully saturated rings. The number of rotatable bonds is 2. The van der Waals surface area contributed by atoms with Gasteiger partial charge in [0.05, 0.1) is 19.1 Å². The molecule has 1 aliphatic rings. The summed E-state index contributed by atoms with van der Waals surface area (Å²) in [5.41, 5.74) is -0.677. The zero-order chi connectivity index (χ0) is 15.5. The molecule has 2 atom stereocenters. The molecule has 0 radical (unpaired) electrons. The molecule has 2 N–H and O–H groups in total. The number of nitrogens with zero attached hydrogens (tertiary/aromatic N) is 1. The number of carboxylic acids is 1. The highest BCUT2D eigenvalue weighted by molar-refractivity contribution is 5.77. The first-order valence-electron chi connectivity index (χ1n) is 6.19. The number of amides is 2. The minimum Gasteiger partial charge on any atom is -0.481 e. The van der Waals surface area contributed by atoms with Crippen LogP contribution in [0.5, 0.6) is 0 Å². The van der Waals surface area contributed by atoms with Gasteiger partial charge < -0.3 is 24.8 Å². The molecule has 0 aromatic carbocycles. The largest absolute Gasteiger partial charge is 0.481 e. The Bertz CT molecular complexity index is 403. The lowest BCUT2D eigenvalue weighted by Crippen LogP contribution is -2.45. The number of nitrogens with one attached hydrogen (secondary N) is 1. The van der Waals surface area contributed by atoms with Crippen LogP contribution in [0.15, 0.2) is 0 Å². The van der Waals surface area contributed by atoms with Crippen LogP contribution in [0.1, 0.15) is 20.8 Å². The third-order valence-corrected chi connectivity index (χ3v) is 2.77. The van der Waals surface area contributed by atoms with E-state index in [0.29, 0.717) is 0 Å². The van der Waals surface area contributed by atoms with Crippen molar-refractivity contribution in [3.05, 3.63) is 0 Å². The summed E-state index contributed by atoms with van der Waals surface area (Å²) in [7, 11) is 1.22. The Labute approximate surface area is 117 Å². The molecule has 2 unspecified atom stereocenters. The van der Waals surface area contributed by atoms with Gasteiger partial charge >= 0.3 is 18.2 Å². The smallest absolute Gasteiger partial charge is 0.409 e. The maximum Gasteiger partial charge on any atom is 0.409 e. The molecular weight excluding hydrogens is 268 g/mol. The van der Waals surface area contributed by atoms with Crippen LogP contribution in [0, 0.1) is 5.92 Å². The van der Waals surface area contributed by atoms with Gasteiger partial charge in [0.25, 0.3) is 0 Å². The molecule has 2 amide bonds. The van der Waals surface area contributed by atoms with E-state index in [9.17, 15) is 14.4 Å². The fourth-order valence-corrected chi connectivity index (χ4v) is 1.94. The lowest BCUT2D eigenvalue weighted by Gasteiger charge is -2.22. The Kier molecular flexibility index (Phi) is 4.80. The number of ether oxygens (including phenoxy) is 2. The maximum atomic E-state index is 11.7. The highest BCUT2D eigenvalue weighted by atomic mass is 16.6. The molecule has 0 aromatic heterocycles. The first kappa shape index (κ1) is 16.1. The van der Waals surface area contributed by atoms with Crippen LogP contribution in [0.4, 0.5) is 9.59 Å². The van der Waals surface area contributed by atoms with Crippen molar-refractivity contribution < 1.29 is 29.0 Å². The van der Waals surface area contributed by atoms with E-state index in [1.807, 2.05) is 0 Å². The molecule has 1 aliphatic heterocycles. The topological polar surface area (TPSA) is 105 Å². The molecule has 1 heterocycles. The van der Waals surface area contributed by atoms with Gasteiger partial charge in [0.2, 0.25) is 0 Å². The summed E-state index contributed by atoms with van der Waals surface area (Å²) in [5, 5.41) is 11.6. The molecule has 8 heteroatoms. The summed E-state index contributed by atoms with van der Waals surface area (Å²) in [4.78, 5) is 35.5. The summed E-state index contributed by atoms with van der Waals surface area (Å²) in [6, 6.07) is -0.707. The van der Waals surface area contributed by atoms with Gasteiger partial charge in [-0.1, -0.05) is 0 Å². The van der Waals surface area contributed by atoms with E-state index in [1.54, 1.807) is 20.8 Å². The SMILES string of the molecule is COC(=O)N1CC(NC(=O)OC(C)(C)C)C(C(=O)O)C1. The van der Waals surface area contributed by atoms with Crippen molar-refractivity contribution in [1.29, 1.82) is 0 Å². The molecular formula is C12H20N2O6. The first-order valence-corrected chi connectivity index (χ1v) is 6.19. The van der Waals surface area contributed by atoms with Crippen molar-refractivity contribution >= 4 is 18.2 Å². The van der Waals surface area contributed by atoms with Gasteiger partial charge in [-0.25, -0.2) is 9.59 Å². The minimum atomic E-state index is -1.09. The van der Waals surface area contributed by atoms with E-state index >= 15 is 0 Å². The summed E-state index contributed by atoms with van der Waals surface area (Å²) in [6.45, 7) is 5.18. The van der Waals surface area contributed by atoms with Crippen LogP contribution in [-0.2, 0) is 14.3 Å². The summed E-state index contributed by atoms with van der Waals surface area (Å²) >= 11 is 0. The van der Waals surface area contributed by atoms with Crippen molar-refractivity contribution in [1.82, 2.24) is 10.2 Å². The highest BCUT2D eigenvalue weighted by Crippen LogP contribution is 2.19. The second-order valence-corrected chi connectivity index (χ2v) is 5.57. The van der Waals surface area contributed by atoms with Crippen molar-refractivity contribution in [2.75, 3.05) is 20.2 Å². The van der Waals surface area contributed by atoms with Crippen molar-refractivity contribution in [2.24, 2.45) is 5.92 Å². The van der Waals surface area contributed by atoms with Crippen LogP contribution in [0.2, 0.25) is 0 Å². The van der Waals surface area contributed by atoms with Crippen LogP contribution < -0.4 is 5.32 Å². The average molecular weight is 288 g/mol. The van der Waals surface area contributed by atoms with Crippen LogP contribution >= 0.6 is 0 Å². The standard InChI is InChI=1S/C12H20N2O6/c1-12(2,3)20-10(17)13-8-6-14(11(18)19-4)5-7(8)9(15)16/h7-8H,5-6H2,1-4H3,(H,13,17)(H,15,16). The van der Waals surface area contributed by atoms with E-state index in [4.69, 9.17) is 9.84 Å².